The van der Waals surface area contributed by atoms with Gasteiger partial charge in [0.25, 0.3) is 10.1 Å². The monoisotopic (exact) mass is 348 g/mol. The fourth-order valence-corrected chi connectivity index (χ4v) is 3.24. The van der Waals surface area contributed by atoms with Gasteiger partial charge in [0, 0.05) is 10.9 Å². The second kappa shape index (κ2) is 5.77. The first-order valence-electron chi connectivity index (χ1n) is 6.78. The van der Waals surface area contributed by atoms with E-state index in [0.717, 1.165) is 30.3 Å². The van der Waals surface area contributed by atoms with E-state index >= 15 is 0 Å². The minimum atomic E-state index is -4.51. The first-order chi connectivity index (χ1) is 11.3. The van der Waals surface area contributed by atoms with Crippen LogP contribution in [-0.4, -0.2) is 18.8 Å². The maximum absolute atomic E-state index is 13.9. The van der Waals surface area contributed by atoms with Crippen LogP contribution in [0, 0.1) is 11.6 Å². The van der Waals surface area contributed by atoms with Crippen LogP contribution in [0.3, 0.4) is 0 Å². The molecular formula is C17H10F2O4S. The summed E-state index contributed by atoms with van der Waals surface area (Å²) in [5, 5.41) is 0.253. The predicted octanol–water partition coefficient (Wildman–Crippen LogP) is 3.60. The van der Waals surface area contributed by atoms with Gasteiger partial charge in [0.05, 0.1) is 5.56 Å². The van der Waals surface area contributed by atoms with E-state index in [2.05, 4.69) is 0 Å². The summed E-state index contributed by atoms with van der Waals surface area (Å²) in [6.45, 7) is 0. The van der Waals surface area contributed by atoms with Gasteiger partial charge in [-0.3, -0.25) is 9.35 Å². The van der Waals surface area contributed by atoms with Crippen LogP contribution >= 0.6 is 0 Å². The van der Waals surface area contributed by atoms with Crippen molar-refractivity contribution < 1.29 is 26.5 Å². The van der Waals surface area contributed by atoms with Gasteiger partial charge >= 0.3 is 0 Å². The van der Waals surface area contributed by atoms with Gasteiger partial charge in [0.15, 0.2) is 5.78 Å². The first kappa shape index (κ1) is 16.2. The Morgan fingerprint density at radius 3 is 2.00 bits per heavy atom. The third-order valence-electron chi connectivity index (χ3n) is 3.60. The first-order valence-corrected chi connectivity index (χ1v) is 8.22. The summed E-state index contributed by atoms with van der Waals surface area (Å²) in [7, 11) is -4.51. The largest absolute Gasteiger partial charge is 0.295 e. The number of rotatable bonds is 3. The maximum atomic E-state index is 13.9. The van der Waals surface area contributed by atoms with Crippen molar-refractivity contribution in [2.24, 2.45) is 0 Å². The Morgan fingerprint density at radius 2 is 1.42 bits per heavy atom. The quantitative estimate of drug-likeness (QED) is 0.580. The molecule has 0 fully saturated rings. The van der Waals surface area contributed by atoms with E-state index in [9.17, 15) is 26.5 Å². The number of carbonyl (C=O) groups excluding carboxylic acids is 1. The van der Waals surface area contributed by atoms with Gasteiger partial charge in [-0.15, -0.1) is 0 Å². The maximum Gasteiger partial charge on any atom is 0.295 e. The second-order valence-corrected chi connectivity index (χ2v) is 6.45. The van der Waals surface area contributed by atoms with Crippen LogP contribution < -0.4 is 0 Å². The molecule has 0 aliphatic carbocycles. The summed E-state index contributed by atoms with van der Waals surface area (Å²) < 4.78 is 59.9. The Labute approximate surface area is 136 Å². The highest BCUT2D eigenvalue weighted by molar-refractivity contribution is 7.86. The molecule has 0 radical (unpaired) electrons. The van der Waals surface area contributed by atoms with Gasteiger partial charge in [0.1, 0.15) is 16.5 Å². The Morgan fingerprint density at radius 1 is 0.833 bits per heavy atom. The fourth-order valence-electron chi connectivity index (χ4n) is 2.54. The number of hydrogen-bond donors (Lipinski definition) is 1. The lowest BCUT2D eigenvalue weighted by Crippen LogP contribution is -2.09. The van der Waals surface area contributed by atoms with Crippen molar-refractivity contribution in [2.75, 3.05) is 0 Å². The van der Waals surface area contributed by atoms with Crippen molar-refractivity contribution in [3.63, 3.8) is 0 Å². The van der Waals surface area contributed by atoms with E-state index in [4.69, 9.17) is 0 Å². The highest BCUT2D eigenvalue weighted by atomic mass is 32.2. The molecule has 0 amide bonds. The lowest BCUT2D eigenvalue weighted by Gasteiger charge is -2.10. The number of benzene rings is 3. The van der Waals surface area contributed by atoms with Gasteiger partial charge in [-0.25, -0.2) is 8.78 Å². The van der Waals surface area contributed by atoms with Crippen LogP contribution in [0.15, 0.2) is 59.5 Å². The molecule has 122 valence electrons. The zero-order valence-electron chi connectivity index (χ0n) is 12.0. The third kappa shape index (κ3) is 2.68. The zero-order valence-corrected chi connectivity index (χ0v) is 12.8. The van der Waals surface area contributed by atoms with Crippen molar-refractivity contribution in [2.45, 2.75) is 4.90 Å². The molecule has 24 heavy (non-hydrogen) atoms. The summed E-state index contributed by atoms with van der Waals surface area (Å²) in [6, 6.07) is 11.1. The molecule has 4 nitrogen and oxygen atoms in total. The molecule has 0 atom stereocenters. The van der Waals surface area contributed by atoms with E-state index in [1.807, 2.05) is 0 Å². The highest BCUT2D eigenvalue weighted by Crippen LogP contribution is 2.28. The average molecular weight is 348 g/mol. The molecule has 0 aromatic heterocycles. The van der Waals surface area contributed by atoms with Crippen molar-refractivity contribution in [3.05, 3.63) is 77.4 Å². The minimum Gasteiger partial charge on any atom is -0.288 e. The molecule has 0 heterocycles. The smallest absolute Gasteiger partial charge is 0.288 e. The van der Waals surface area contributed by atoms with Crippen LogP contribution in [-0.2, 0) is 10.1 Å². The molecule has 0 saturated carbocycles. The minimum absolute atomic E-state index is 0.0676. The molecule has 0 aliphatic heterocycles. The van der Waals surface area contributed by atoms with Crippen LogP contribution in [0.4, 0.5) is 8.78 Å². The van der Waals surface area contributed by atoms with Gasteiger partial charge in [-0.05, 0) is 29.7 Å². The lowest BCUT2D eigenvalue weighted by atomic mass is 9.96. The van der Waals surface area contributed by atoms with Gasteiger partial charge in [-0.2, -0.15) is 8.42 Å². The number of fused-ring (bicyclic) bond motifs is 1. The molecule has 3 aromatic rings. The molecule has 0 bridgehead atoms. The number of ketones is 1. The van der Waals surface area contributed by atoms with E-state index < -0.39 is 33.1 Å². The fraction of sp³-hybridized carbons (Fsp3) is 0. The van der Waals surface area contributed by atoms with Crippen LogP contribution in [0.2, 0.25) is 0 Å². The Bertz CT molecular complexity index is 1050. The zero-order chi connectivity index (χ0) is 17.5. The molecule has 7 heteroatoms. The number of halogens is 2. The van der Waals surface area contributed by atoms with Crippen LogP contribution in [0.1, 0.15) is 15.9 Å². The summed E-state index contributed by atoms with van der Waals surface area (Å²) in [4.78, 5) is 12.2. The van der Waals surface area contributed by atoms with Gasteiger partial charge in [0.2, 0.25) is 0 Å². The SMILES string of the molecule is O=C(c1c(F)cccc1F)c1ccc(S(=O)(=O)O)c2ccccc12. The Balaban J connectivity index is 2.31. The molecule has 1 N–H and O–H groups in total. The predicted molar refractivity (Wildman–Crippen MR) is 83.6 cm³/mol. The highest BCUT2D eigenvalue weighted by Gasteiger charge is 2.23. The Hall–Kier alpha value is -2.64. The summed E-state index contributed by atoms with van der Waals surface area (Å²) in [6.07, 6.45) is 0. The Kier molecular flexibility index (Phi) is 3.90. The van der Waals surface area contributed by atoms with Crippen molar-refractivity contribution >= 4 is 26.7 Å². The lowest BCUT2D eigenvalue weighted by molar-refractivity contribution is 0.103. The molecule has 3 rings (SSSR count). The summed E-state index contributed by atoms with van der Waals surface area (Å²) in [5.74, 6) is -2.94. The van der Waals surface area contributed by atoms with Crippen molar-refractivity contribution in [1.82, 2.24) is 0 Å². The molecule has 0 unspecified atom stereocenters. The van der Waals surface area contributed by atoms with Gasteiger partial charge in [-0.1, -0.05) is 30.3 Å². The molecule has 3 aromatic carbocycles. The van der Waals surface area contributed by atoms with Crippen LogP contribution in [0.25, 0.3) is 10.8 Å². The number of hydrogen-bond acceptors (Lipinski definition) is 3. The standard InChI is InChI=1S/C17H10F2O4S/c18-13-6-3-7-14(19)16(13)17(20)12-8-9-15(24(21,22)23)11-5-2-1-4-10(11)12/h1-9H,(H,21,22,23). The van der Waals surface area contributed by atoms with E-state index in [1.165, 1.54) is 18.2 Å². The van der Waals surface area contributed by atoms with Crippen molar-refractivity contribution in [1.29, 1.82) is 0 Å². The van der Waals surface area contributed by atoms with E-state index in [-0.39, 0.29) is 21.2 Å². The van der Waals surface area contributed by atoms with Gasteiger partial charge < -0.3 is 0 Å². The molecule has 0 spiro atoms. The normalized spacial score (nSPS) is 11.6. The topological polar surface area (TPSA) is 71.4 Å². The molecule has 0 aliphatic rings. The average Bonchev–Trinajstić information content (AvgIpc) is 2.52. The molecule has 0 saturated heterocycles. The number of carbonyl (C=O) groups is 1. The van der Waals surface area contributed by atoms with E-state index in [1.54, 1.807) is 6.07 Å². The van der Waals surface area contributed by atoms with E-state index in [0.29, 0.717) is 0 Å². The third-order valence-corrected chi connectivity index (χ3v) is 4.51. The molecular weight excluding hydrogens is 338 g/mol. The van der Waals surface area contributed by atoms with Crippen molar-refractivity contribution in [3.8, 4) is 0 Å². The van der Waals surface area contributed by atoms with Crippen LogP contribution in [0.5, 0.6) is 0 Å². The summed E-state index contributed by atoms with van der Waals surface area (Å²) in [5.41, 5.74) is -0.788. The second-order valence-electron chi connectivity index (χ2n) is 5.06. The summed E-state index contributed by atoms with van der Waals surface area (Å²) >= 11 is 0.